The summed E-state index contributed by atoms with van der Waals surface area (Å²) < 4.78 is 0. The van der Waals surface area contributed by atoms with Crippen LogP contribution in [0.5, 0.6) is 0 Å². The van der Waals surface area contributed by atoms with Gasteiger partial charge in [-0.15, -0.1) is 0 Å². The normalized spacial score (nSPS) is 22.2. The molecule has 0 bridgehead atoms. The van der Waals surface area contributed by atoms with Crippen molar-refractivity contribution in [2.75, 3.05) is 39.3 Å². The molecule has 0 aromatic carbocycles. The number of hydrogen-bond acceptors (Lipinski definition) is 3. The second kappa shape index (κ2) is 7.74. The van der Waals surface area contributed by atoms with Crippen molar-refractivity contribution in [3.63, 3.8) is 0 Å². The molecule has 0 radical (unpaired) electrons. The highest BCUT2D eigenvalue weighted by Crippen LogP contribution is 2.11. The third-order valence-corrected chi connectivity index (χ3v) is 4.11. The fraction of sp³-hybridized carbons (Fsp3) is 0.929. The van der Waals surface area contributed by atoms with E-state index in [0.717, 1.165) is 38.9 Å². The van der Waals surface area contributed by atoms with Gasteiger partial charge in [0.15, 0.2) is 0 Å². The lowest BCUT2D eigenvalue weighted by atomic mass is 9.97. The van der Waals surface area contributed by atoms with E-state index in [1.807, 2.05) is 0 Å². The van der Waals surface area contributed by atoms with Crippen molar-refractivity contribution in [3.8, 4) is 0 Å². The third kappa shape index (κ3) is 4.58. The minimum Gasteiger partial charge on any atom is -0.356 e. The van der Waals surface area contributed by atoms with Crippen LogP contribution < -0.4 is 10.6 Å². The van der Waals surface area contributed by atoms with E-state index in [1.165, 1.54) is 38.9 Å². The van der Waals surface area contributed by atoms with Gasteiger partial charge in [0.25, 0.3) is 0 Å². The Hall–Kier alpha value is -0.610. The van der Waals surface area contributed by atoms with E-state index in [4.69, 9.17) is 0 Å². The molecule has 2 N–H and O–H groups in total. The van der Waals surface area contributed by atoms with Gasteiger partial charge in [0, 0.05) is 12.5 Å². The van der Waals surface area contributed by atoms with Crippen LogP contribution in [0.4, 0.5) is 0 Å². The number of rotatable bonds is 6. The molecule has 0 aliphatic carbocycles. The number of carbonyl (C=O) groups excluding carboxylic acids is 1. The van der Waals surface area contributed by atoms with Gasteiger partial charge >= 0.3 is 0 Å². The molecule has 4 heteroatoms. The first-order valence-corrected chi connectivity index (χ1v) is 7.57. The molecule has 2 fully saturated rings. The van der Waals surface area contributed by atoms with E-state index in [2.05, 4.69) is 15.5 Å². The number of piperidine rings is 1. The Balaban J connectivity index is 1.48. The molecule has 0 aromatic heterocycles. The van der Waals surface area contributed by atoms with Crippen LogP contribution in [0.25, 0.3) is 0 Å². The standard InChI is InChI=1S/C14H27N3O/c18-14(13-5-8-15-9-6-13)16-7-1-2-10-17-11-3-4-12-17/h13,15H,1-12H2,(H,16,18). The quantitative estimate of drug-likeness (QED) is 0.694. The van der Waals surface area contributed by atoms with Crippen LogP contribution in [0.15, 0.2) is 0 Å². The van der Waals surface area contributed by atoms with E-state index >= 15 is 0 Å². The SMILES string of the molecule is O=C(NCCCCN1CCCC1)C1CCNCC1. The minimum atomic E-state index is 0.254. The molecule has 0 unspecified atom stereocenters. The fourth-order valence-corrected chi connectivity index (χ4v) is 2.91. The van der Waals surface area contributed by atoms with Gasteiger partial charge in [0.2, 0.25) is 5.91 Å². The summed E-state index contributed by atoms with van der Waals surface area (Å²) in [5, 5.41) is 6.38. The Morgan fingerprint density at radius 1 is 1.17 bits per heavy atom. The number of hydrogen-bond donors (Lipinski definition) is 2. The first-order chi connectivity index (χ1) is 8.86. The molecule has 0 saturated carbocycles. The summed E-state index contributed by atoms with van der Waals surface area (Å²) in [6.07, 6.45) is 7.07. The smallest absolute Gasteiger partial charge is 0.223 e. The second-order valence-electron chi connectivity index (χ2n) is 5.57. The van der Waals surface area contributed by atoms with Crippen molar-refractivity contribution in [1.29, 1.82) is 0 Å². The summed E-state index contributed by atoms with van der Waals surface area (Å²) >= 11 is 0. The Labute approximate surface area is 110 Å². The predicted octanol–water partition coefficient (Wildman–Crippen LogP) is 0.978. The summed E-state index contributed by atoms with van der Waals surface area (Å²) in [5.41, 5.74) is 0. The lowest BCUT2D eigenvalue weighted by Gasteiger charge is -2.21. The highest BCUT2D eigenvalue weighted by atomic mass is 16.1. The molecule has 0 spiro atoms. The van der Waals surface area contributed by atoms with Crippen molar-refractivity contribution in [2.45, 2.75) is 38.5 Å². The molecule has 1 amide bonds. The molecular weight excluding hydrogens is 226 g/mol. The van der Waals surface area contributed by atoms with E-state index in [0.29, 0.717) is 0 Å². The molecule has 2 rings (SSSR count). The molecular formula is C14H27N3O. The van der Waals surface area contributed by atoms with E-state index < -0.39 is 0 Å². The summed E-state index contributed by atoms with van der Waals surface area (Å²) in [6, 6.07) is 0. The fourth-order valence-electron chi connectivity index (χ4n) is 2.91. The van der Waals surface area contributed by atoms with E-state index in [9.17, 15) is 4.79 Å². The molecule has 2 saturated heterocycles. The van der Waals surface area contributed by atoms with Gasteiger partial charge in [-0.25, -0.2) is 0 Å². The van der Waals surface area contributed by atoms with Crippen LogP contribution in [0.3, 0.4) is 0 Å². The number of nitrogens with one attached hydrogen (secondary N) is 2. The Kier molecular flexibility index (Phi) is 5.94. The average molecular weight is 253 g/mol. The minimum absolute atomic E-state index is 0.254. The number of amides is 1. The van der Waals surface area contributed by atoms with Crippen molar-refractivity contribution < 1.29 is 4.79 Å². The number of likely N-dealkylation sites (tertiary alicyclic amines) is 1. The van der Waals surface area contributed by atoms with Gasteiger partial charge in [0.05, 0.1) is 0 Å². The molecule has 0 atom stereocenters. The van der Waals surface area contributed by atoms with Gasteiger partial charge in [-0.1, -0.05) is 0 Å². The number of unbranched alkanes of at least 4 members (excludes halogenated alkanes) is 1. The van der Waals surface area contributed by atoms with Gasteiger partial charge in [-0.2, -0.15) is 0 Å². The first-order valence-electron chi connectivity index (χ1n) is 7.57. The average Bonchev–Trinajstić information content (AvgIpc) is 2.92. The largest absolute Gasteiger partial charge is 0.356 e. The Morgan fingerprint density at radius 2 is 1.89 bits per heavy atom. The molecule has 4 nitrogen and oxygen atoms in total. The summed E-state index contributed by atoms with van der Waals surface area (Å²) in [4.78, 5) is 14.4. The van der Waals surface area contributed by atoms with E-state index in [-0.39, 0.29) is 11.8 Å². The van der Waals surface area contributed by atoms with Crippen LogP contribution in [-0.2, 0) is 4.79 Å². The Bertz CT molecular complexity index is 245. The summed E-state index contributed by atoms with van der Waals surface area (Å²) in [7, 11) is 0. The van der Waals surface area contributed by atoms with Gasteiger partial charge < -0.3 is 15.5 Å². The molecule has 104 valence electrons. The number of nitrogens with zero attached hydrogens (tertiary/aromatic N) is 1. The van der Waals surface area contributed by atoms with E-state index in [1.54, 1.807) is 0 Å². The lowest BCUT2D eigenvalue weighted by Crippen LogP contribution is -2.38. The zero-order valence-corrected chi connectivity index (χ0v) is 11.4. The molecule has 18 heavy (non-hydrogen) atoms. The summed E-state index contributed by atoms with van der Waals surface area (Å²) in [6.45, 7) is 6.61. The Morgan fingerprint density at radius 3 is 2.61 bits per heavy atom. The monoisotopic (exact) mass is 253 g/mol. The molecule has 2 heterocycles. The van der Waals surface area contributed by atoms with Crippen molar-refractivity contribution in [3.05, 3.63) is 0 Å². The molecule has 2 aliphatic heterocycles. The second-order valence-corrected chi connectivity index (χ2v) is 5.57. The zero-order valence-electron chi connectivity index (χ0n) is 11.4. The third-order valence-electron chi connectivity index (χ3n) is 4.11. The van der Waals surface area contributed by atoms with Gasteiger partial charge in [-0.05, 0) is 71.2 Å². The topological polar surface area (TPSA) is 44.4 Å². The van der Waals surface area contributed by atoms with Crippen LogP contribution in [0, 0.1) is 5.92 Å². The molecule has 2 aliphatic rings. The number of carbonyl (C=O) groups is 1. The molecule has 0 aromatic rings. The van der Waals surface area contributed by atoms with Crippen molar-refractivity contribution in [2.24, 2.45) is 5.92 Å². The van der Waals surface area contributed by atoms with Crippen LogP contribution in [0.2, 0.25) is 0 Å². The van der Waals surface area contributed by atoms with Crippen molar-refractivity contribution in [1.82, 2.24) is 15.5 Å². The predicted molar refractivity (Wildman–Crippen MR) is 73.5 cm³/mol. The maximum absolute atomic E-state index is 11.9. The van der Waals surface area contributed by atoms with Gasteiger partial charge in [-0.3, -0.25) is 4.79 Å². The highest BCUT2D eigenvalue weighted by Gasteiger charge is 2.20. The van der Waals surface area contributed by atoms with Crippen LogP contribution >= 0.6 is 0 Å². The summed E-state index contributed by atoms with van der Waals surface area (Å²) in [5.74, 6) is 0.530. The van der Waals surface area contributed by atoms with Crippen LogP contribution in [-0.4, -0.2) is 50.1 Å². The highest BCUT2D eigenvalue weighted by molar-refractivity contribution is 5.78. The maximum Gasteiger partial charge on any atom is 0.223 e. The van der Waals surface area contributed by atoms with Crippen LogP contribution in [0.1, 0.15) is 38.5 Å². The first kappa shape index (κ1) is 13.8. The maximum atomic E-state index is 11.9. The van der Waals surface area contributed by atoms with Crippen molar-refractivity contribution >= 4 is 5.91 Å². The van der Waals surface area contributed by atoms with Gasteiger partial charge in [0.1, 0.15) is 0 Å². The zero-order chi connectivity index (χ0) is 12.6. The lowest BCUT2D eigenvalue weighted by molar-refractivity contribution is -0.125.